The molecule has 12 heteroatoms. The number of benzene rings is 1. The summed E-state index contributed by atoms with van der Waals surface area (Å²) in [6.07, 6.45) is 3.97. The number of halogens is 2. The highest BCUT2D eigenvalue weighted by atomic mass is 19.1. The smallest absolute Gasteiger partial charge is 0.407 e. The number of imidazole rings is 1. The summed E-state index contributed by atoms with van der Waals surface area (Å²) in [5.74, 6) is 0.0157. The lowest BCUT2D eigenvalue weighted by atomic mass is 10.0. The molecule has 1 unspecified atom stereocenters. The van der Waals surface area contributed by atoms with E-state index < -0.39 is 23.3 Å². The molecule has 3 aromatic rings. The Morgan fingerprint density at radius 2 is 1.87 bits per heavy atom. The van der Waals surface area contributed by atoms with Crippen LogP contribution in [0.5, 0.6) is 0 Å². The van der Waals surface area contributed by atoms with Gasteiger partial charge in [-0.05, 0) is 76.8 Å². The monoisotopic (exact) mass is 541 g/mol. The van der Waals surface area contributed by atoms with Crippen molar-refractivity contribution < 1.29 is 23.1 Å². The third-order valence-electron chi connectivity index (χ3n) is 6.88. The first-order valence-corrected chi connectivity index (χ1v) is 13.2. The first-order valence-electron chi connectivity index (χ1n) is 13.2. The van der Waals surface area contributed by atoms with Crippen LogP contribution < -0.4 is 15.5 Å². The first kappa shape index (κ1) is 26.6. The zero-order valence-corrected chi connectivity index (χ0v) is 22.3. The molecule has 0 aliphatic carbocycles. The number of anilines is 2. The summed E-state index contributed by atoms with van der Waals surface area (Å²) < 4.78 is 35.3. The second-order valence-corrected chi connectivity index (χ2v) is 11.0. The number of nitrogens with one attached hydrogen (secondary N) is 2. The molecule has 2 atom stereocenters. The number of fused-ring (bicyclic) bond motifs is 1. The molecule has 39 heavy (non-hydrogen) atoms. The summed E-state index contributed by atoms with van der Waals surface area (Å²) >= 11 is 0. The molecule has 2 aromatic heterocycles. The number of ether oxygens (including phenoxy) is 1. The van der Waals surface area contributed by atoms with Crippen molar-refractivity contribution in [2.24, 2.45) is 0 Å². The molecule has 3 amide bonds. The van der Waals surface area contributed by atoms with Gasteiger partial charge in [-0.2, -0.15) is 4.52 Å². The fraction of sp³-hybridized carbons (Fsp3) is 0.481. The molecule has 2 saturated heterocycles. The zero-order chi connectivity index (χ0) is 27.7. The average molecular weight is 542 g/mol. The van der Waals surface area contributed by atoms with Gasteiger partial charge in [0, 0.05) is 31.2 Å². The van der Waals surface area contributed by atoms with Crippen LogP contribution in [0.2, 0.25) is 0 Å². The predicted octanol–water partition coefficient (Wildman–Crippen LogP) is 4.87. The van der Waals surface area contributed by atoms with Crippen LogP contribution in [0, 0.1) is 11.6 Å². The maximum Gasteiger partial charge on any atom is 0.407 e. The number of rotatable bonds is 4. The molecule has 2 N–H and O–H groups in total. The van der Waals surface area contributed by atoms with E-state index in [0.29, 0.717) is 48.9 Å². The van der Waals surface area contributed by atoms with Gasteiger partial charge < -0.3 is 19.9 Å². The number of hydrogen-bond donors (Lipinski definition) is 2. The van der Waals surface area contributed by atoms with Gasteiger partial charge in [-0.3, -0.25) is 5.32 Å². The lowest BCUT2D eigenvalue weighted by Crippen LogP contribution is -2.51. The van der Waals surface area contributed by atoms with Crippen molar-refractivity contribution in [1.82, 2.24) is 24.8 Å². The van der Waals surface area contributed by atoms with Crippen LogP contribution in [-0.2, 0) is 4.74 Å². The second-order valence-electron chi connectivity index (χ2n) is 11.0. The maximum absolute atomic E-state index is 14.6. The minimum Gasteiger partial charge on any atom is -0.444 e. The quantitative estimate of drug-likeness (QED) is 0.489. The standard InChI is InChI=1S/C27H33F2N7O3/c1-27(2,3)39-26(38)31-18-6-4-12-34(16-18)25(37)32-24-15-30-22-10-11-23(33-36(22)24)35-13-5-7-21(35)19-14-17(28)8-9-20(19)29/h8-11,14-15,18,21H,4-7,12-13,16H2,1-3H3,(H,31,38)(H,32,37)/t18?,21-/m1/s1. The van der Waals surface area contributed by atoms with Crippen LogP contribution in [0.3, 0.4) is 0 Å². The Kier molecular flexibility index (Phi) is 7.28. The van der Waals surface area contributed by atoms with Gasteiger partial charge in [0.1, 0.15) is 23.1 Å². The number of aromatic nitrogens is 3. The number of carbonyl (C=O) groups excluding carboxylic acids is 2. The van der Waals surface area contributed by atoms with E-state index in [1.165, 1.54) is 16.8 Å². The van der Waals surface area contributed by atoms with Crippen molar-refractivity contribution >= 4 is 29.4 Å². The van der Waals surface area contributed by atoms with E-state index in [1.54, 1.807) is 37.8 Å². The number of alkyl carbamates (subject to hydrolysis) is 1. The fourth-order valence-corrected chi connectivity index (χ4v) is 5.18. The Hall–Kier alpha value is -3.96. The maximum atomic E-state index is 14.6. The number of amides is 3. The van der Waals surface area contributed by atoms with Crippen LogP contribution in [0.1, 0.15) is 58.1 Å². The molecule has 0 spiro atoms. The Balaban J connectivity index is 1.30. The third kappa shape index (κ3) is 6.04. The largest absolute Gasteiger partial charge is 0.444 e. The van der Waals surface area contributed by atoms with Crippen molar-refractivity contribution in [3.8, 4) is 0 Å². The van der Waals surface area contributed by atoms with Gasteiger partial charge in [0.2, 0.25) is 0 Å². The summed E-state index contributed by atoms with van der Waals surface area (Å²) in [5, 5.41) is 10.4. The average Bonchev–Trinajstić information content (AvgIpc) is 3.51. The molecule has 2 aliphatic heterocycles. The van der Waals surface area contributed by atoms with Crippen molar-refractivity contribution in [1.29, 1.82) is 0 Å². The van der Waals surface area contributed by atoms with E-state index in [9.17, 15) is 18.4 Å². The van der Waals surface area contributed by atoms with Gasteiger partial charge >= 0.3 is 12.1 Å². The van der Waals surface area contributed by atoms with Crippen molar-refractivity contribution in [2.75, 3.05) is 29.9 Å². The van der Waals surface area contributed by atoms with Crippen LogP contribution >= 0.6 is 0 Å². The molecule has 0 radical (unpaired) electrons. The van der Waals surface area contributed by atoms with Gasteiger partial charge in [-0.1, -0.05) is 0 Å². The van der Waals surface area contributed by atoms with Gasteiger partial charge in [0.15, 0.2) is 11.5 Å². The van der Waals surface area contributed by atoms with Gasteiger partial charge in [-0.25, -0.2) is 23.4 Å². The Morgan fingerprint density at radius 3 is 2.67 bits per heavy atom. The highest BCUT2D eigenvalue weighted by molar-refractivity contribution is 5.89. The van der Waals surface area contributed by atoms with Crippen LogP contribution in [0.25, 0.3) is 5.65 Å². The fourth-order valence-electron chi connectivity index (χ4n) is 5.18. The summed E-state index contributed by atoms with van der Waals surface area (Å²) in [5.41, 5.74) is 0.226. The number of carbonyl (C=O) groups is 2. The molecule has 1 aromatic carbocycles. The molecule has 208 valence electrons. The molecule has 0 saturated carbocycles. The van der Waals surface area contributed by atoms with E-state index >= 15 is 0 Å². The number of likely N-dealkylation sites (tertiary alicyclic amines) is 1. The Bertz CT molecular complexity index is 1370. The molecule has 5 rings (SSSR count). The van der Waals surface area contributed by atoms with Gasteiger partial charge in [0.25, 0.3) is 0 Å². The molecular weight excluding hydrogens is 508 g/mol. The molecule has 4 heterocycles. The van der Waals surface area contributed by atoms with E-state index in [2.05, 4.69) is 20.7 Å². The zero-order valence-electron chi connectivity index (χ0n) is 22.3. The van der Waals surface area contributed by atoms with E-state index in [-0.39, 0.29) is 18.1 Å². The molecule has 2 fully saturated rings. The summed E-state index contributed by atoms with van der Waals surface area (Å²) in [7, 11) is 0. The van der Waals surface area contributed by atoms with Crippen molar-refractivity contribution in [3.63, 3.8) is 0 Å². The van der Waals surface area contributed by atoms with Crippen molar-refractivity contribution in [3.05, 3.63) is 53.7 Å². The van der Waals surface area contributed by atoms with Crippen LogP contribution in [0.15, 0.2) is 36.5 Å². The minimum absolute atomic E-state index is 0.221. The Labute approximate surface area is 225 Å². The van der Waals surface area contributed by atoms with E-state index in [1.807, 2.05) is 4.90 Å². The molecular formula is C27H33F2N7O3. The number of urea groups is 1. The normalized spacial score (nSPS) is 19.8. The number of piperidine rings is 1. The lowest BCUT2D eigenvalue weighted by Gasteiger charge is -2.33. The molecule has 10 nitrogen and oxygen atoms in total. The SMILES string of the molecule is CC(C)(C)OC(=O)NC1CCCN(C(=O)Nc2cnc3ccc(N4CCC[C@@H]4c4cc(F)ccc4F)nn23)C1. The molecule has 0 bridgehead atoms. The van der Waals surface area contributed by atoms with Crippen LogP contribution in [0.4, 0.5) is 30.0 Å². The van der Waals surface area contributed by atoms with Gasteiger partial charge in [0.05, 0.1) is 12.2 Å². The molecule has 2 aliphatic rings. The van der Waals surface area contributed by atoms with Crippen molar-refractivity contribution in [2.45, 2.75) is 64.1 Å². The highest BCUT2D eigenvalue weighted by Gasteiger charge is 2.31. The van der Waals surface area contributed by atoms with E-state index in [4.69, 9.17) is 4.74 Å². The summed E-state index contributed by atoms with van der Waals surface area (Å²) in [6.45, 7) is 6.91. The topological polar surface area (TPSA) is 104 Å². The van der Waals surface area contributed by atoms with E-state index in [0.717, 1.165) is 31.4 Å². The number of hydrogen-bond acceptors (Lipinski definition) is 6. The van der Waals surface area contributed by atoms with Crippen LogP contribution in [-0.4, -0.2) is 62.9 Å². The Morgan fingerprint density at radius 1 is 1.08 bits per heavy atom. The predicted molar refractivity (Wildman–Crippen MR) is 142 cm³/mol. The summed E-state index contributed by atoms with van der Waals surface area (Å²) in [4.78, 5) is 33.2. The summed E-state index contributed by atoms with van der Waals surface area (Å²) in [6, 6.07) is 6.16. The minimum atomic E-state index is -0.606. The lowest BCUT2D eigenvalue weighted by molar-refractivity contribution is 0.0480. The second kappa shape index (κ2) is 10.7. The van der Waals surface area contributed by atoms with Gasteiger partial charge in [-0.15, -0.1) is 5.10 Å². The highest BCUT2D eigenvalue weighted by Crippen LogP contribution is 2.36. The third-order valence-corrected chi connectivity index (χ3v) is 6.88. The first-order chi connectivity index (χ1) is 18.6. The number of nitrogens with zero attached hydrogens (tertiary/aromatic N) is 5.